The summed E-state index contributed by atoms with van der Waals surface area (Å²) >= 11 is 3.57. The Balaban J connectivity index is 1.46. The maximum absolute atomic E-state index is 13.7. The van der Waals surface area contributed by atoms with Crippen LogP contribution in [0.4, 0.5) is 0 Å². The van der Waals surface area contributed by atoms with Crippen LogP contribution in [0.2, 0.25) is 0 Å². The number of nitrogens with zero attached hydrogens (tertiary/aromatic N) is 2. The Morgan fingerprint density at radius 2 is 1.97 bits per heavy atom. The average Bonchev–Trinajstić information content (AvgIpc) is 3.26. The van der Waals surface area contributed by atoms with E-state index in [-0.39, 0.29) is 11.3 Å². The highest BCUT2D eigenvalue weighted by molar-refractivity contribution is 9.10. The van der Waals surface area contributed by atoms with Crippen LogP contribution in [-0.2, 0) is 12.8 Å². The van der Waals surface area contributed by atoms with Gasteiger partial charge in [0.25, 0.3) is 5.91 Å². The summed E-state index contributed by atoms with van der Waals surface area (Å²) in [7, 11) is 0. The molecule has 0 saturated carbocycles. The standard InChI is InChI=1S/C26H22BrN3O/c1-26(2)12-21-24-22(13-26)30(10-9-15-14-28-19-6-4-3-5-17(15)19)25(31)23(24)18-11-16(27)7-8-20(18)29-21/h3-8,11,13-14,28H,9-10,12H2,1-2H3. The molecule has 1 N–H and O–H groups in total. The van der Waals surface area contributed by atoms with Crippen molar-refractivity contribution in [2.45, 2.75) is 26.7 Å². The number of hydrogen-bond donors (Lipinski definition) is 1. The maximum atomic E-state index is 13.7. The molecule has 0 bridgehead atoms. The molecule has 2 aromatic heterocycles. The highest BCUT2D eigenvalue weighted by atomic mass is 79.9. The van der Waals surface area contributed by atoms with Gasteiger partial charge in [0.15, 0.2) is 0 Å². The van der Waals surface area contributed by atoms with Crippen LogP contribution < -0.4 is 0 Å². The number of aromatic nitrogens is 2. The number of fused-ring (bicyclic) bond motifs is 3. The first-order valence-electron chi connectivity index (χ1n) is 10.6. The number of allylic oxidation sites excluding steroid dienone is 1. The number of para-hydroxylation sites is 1. The van der Waals surface area contributed by atoms with Crippen LogP contribution in [0.15, 0.2) is 59.2 Å². The van der Waals surface area contributed by atoms with Crippen LogP contribution in [0.1, 0.15) is 41.0 Å². The summed E-state index contributed by atoms with van der Waals surface area (Å²) in [5, 5.41) is 2.15. The molecule has 6 rings (SSSR count). The van der Waals surface area contributed by atoms with E-state index in [4.69, 9.17) is 4.98 Å². The average molecular weight is 472 g/mol. The minimum atomic E-state index is -0.0424. The number of nitrogens with one attached hydrogen (secondary N) is 1. The second-order valence-corrected chi connectivity index (χ2v) is 10.1. The van der Waals surface area contributed by atoms with Gasteiger partial charge in [0, 0.05) is 39.1 Å². The summed E-state index contributed by atoms with van der Waals surface area (Å²) in [6.07, 6.45) is 5.97. The van der Waals surface area contributed by atoms with Crippen molar-refractivity contribution in [3.8, 4) is 0 Å². The predicted molar refractivity (Wildman–Crippen MR) is 128 cm³/mol. The Morgan fingerprint density at radius 1 is 1.13 bits per heavy atom. The minimum Gasteiger partial charge on any atom is -0.361 e. The number of pyridine rings is 1. The van der Waals surface area contributed by atoms with E-state index in [9.17, 15) is 4.79 Å². The van der Waals surface area contributed by atoms with Gasteiger partial charge < -0.3 is 9.88 Å². The molecule has 0 fully saturated rings. The predicted octanol–water partition coefficient (Wildman–Crippen LogP) is 6.10. The lowest BCUT2D eigenvalue weighted by molar-refractivity contribution is 0.0852. The van der Waals surface area contributed by atoms with Crippen molar-refractivity contribution in [3.05, 3.63) is 81.6 Å². The van der Waals surface area contributed by atoms with Gasteiger partial charge in [-0.25, -0.2) is 0 Å². The third-order valence-corrected chi connectivity index (χ3v) is 6.95. The van der Waals surface area contributed by atoms with Crippen molar-refractivity contribution >= 4 is 49.3 Å². The number of benzene rings is 2. The first-order valence-corrected chi connectivity index (χ1v) is 11.4. The fraction of sp³-hybridized carbons (Fsp3) is 0.231. The molecule has 1 aliphatic carbocycles. The summed E-state index contributed by atoms with van der Waals surface area (Å²) in [4.78, 5) is 24.0. The number of rotatable bonds is 3. The van der Waals surface area contributed by atoms with Crippen molar-refractivity contribution in [3.63, 3.8) is 0 Å². The van der Waals surface area contributed by atoms with E-state index in [1.54, 1.807) is 0 Å². The van der Waals surface area contributed by atoms with E-state index in [0.29, 0.717) is 6.54 Å². The first-order chi connectivity index (χ1) is 14.9. The van der Waals surface area contributed by atoms with Crippen molar-refractivity contribution in [2.75, 3.05) is 6.54 Å². The largest absolute Gasteiger partial charge is 0.361 e. The lowest BCUT2D eigenvalue weighted by atomic mass is 9.79. The SMILES string of the molecule is CC1(C)C=C2c3c(nc4ccc(Br)cc4c3C(=O)N2CCc2c[nH]c3ccccc23)C1. The van der Waals surface area contributed by atoms with Gasteiger partial charge in [-0.05, 0) is 48.1 Å². The van der Waals surface area contributed by atoms with Crippen LogP contribution >= 0.6 is 15.9 Å². The van der Waals surface area contributed by atoms with Gasteiger partial charge >= 0.3 is 0 Å². The molecular formula is C26H22BrN3O. The van der Waals surface area contributed by atoms with E-state index in [2.05, 4.69) is 65.2 Å². The zero-order chi connectivity index (χ0) is 21.3. The molecule has 0 saturated heterocycles. The molecule has 0 unspecified atom stereocenters. The number of halogens is 1. The Hall–Kier alpha value is -2.92. The second-order valence-electron chi connectivity index (χ2n) is 9.23. The molecule has 5 heteroatoms. The number of amides is 1. The monoisotopic (exact) mass is 471 g/mol. The fourth-order valence-corrected chi connectivity index (χ4v) is 5.45. The molecular weight excluding hydrogens is 450 g/mol. The van der Waals surface area contributed by atoms with Crippen LogP contribution in [0, 0.1) is 5.41 Å². The minimum absolute atomic E-state index is 0.0424. The van der Waals surface area contributed by atoms with Gasteiger partial charge in [0.2, 0.25) is 0 Å². The van der Waals surface area contributed by atoms with Gasteiger partial charge in [-0.15, -0.1) is 0 Å². The van der Waals surface area contributed by atoms with Crippen molar-refractivity contribution in [2.24, 2.45) is 5.41 Å². The van der Waals surface area contributed by atoms with E-state index in [0.717, 1.165) is 56.3 Å². The highest BCUT2D eigenvalue weighted by Crippen LogP contribution is 2.46. The number of hydrogen-bond acceptors (Lipinski definition) is 2. The quantitative estimate of drug-likeness (QED) is 0.392. The van der Waals surface area contributed by atoms with Gasteiger partial charge in [-0.2, -0.15) is 0 Å². The fourth-order valence-electron chi connectivity index (χ4n) is 5.09. The van der Waals surface area contributed by atoms with Crippen LogP contribution in [0.3, 0.4) is 0 Å². The first kappa shape index (κ1) is 18.8. The molecule has 0 atom stereocenters. The van der Waals surface area contributed by atoms with Crippen molar-refractivity contribution in [1.29, 1.82) is 0 Å². The molecule has 4 aromatic rings. The Labute approximate surface area is 189 Å². The zero-order valence-electron chi connectivity index (χ0n) is 17.5. The zero-order valence-corrected chi connectivity index (χ0v) is 19.1. The normalized spacial score (nSPS) is 16.8. The molecule has 4 nitrogen and oxygen atoms in total. The highest BCUT2D eigenvalue weighted by Gasteiger charge is 2.41. The molecule has 1 aliphatic heterocycles. The van der Waals surface area contributed by atoms with E-state index in [1.165, 1.54) is 10.9 Å². The van der Waals surface area contributed by atoms with Gasteiger partial charge in [-0.1, -0.05) is 54.1 Å². The molecule has 31 heavy (non-hydrogen) atoms. The summed E-state index contributed by atoms with van der Waals surface area (Å²) in [6, 6.07) is 14.3. The van der Waals surface area contributed by atoms with Crippen LogP contribution in [-0.4, -0.2) is 27.3 Å². The topological polar surface area (TPSA) is 49.0 Å². The molecule has 1 amide bonds. The number of H-pyrrole nitrogens is 1. The van der Waals surface area contributed by atoms with Crippen LogP contribution in [0.5, 0.6) is 0 Å². The summed E-state index contributed by atoms with van der Waals surface area (Å²) in [5.41, 5.74) is 7.13. The Morgan fingerprint density at radius 3 is 2.84 bits per heavy atom. The lowest BCUT2D eigenvalue weighted by Crippen LogP contribution is -2.28. The van der Waals surface area contributed by atoms with Crippen molar-refractivity contribution in [1.82, 2.24) is 14.9 Å². The molecule has 3 heterocycles. The smallest absolute Gasteiger partial charge is 0.259 e. The van der Waals surface area contributed by atoms with Crippen molar-refractivity contribution < 1.29 is 4.79 Å². The van der Waals surface area contributed by atoms with Gasteiger partial charge in [0.05, 0.1) is 22.5 Å². The Bertz CT molecular complexity index is 1430. The summed E-state index contributed by atoms with van der Waals surface area (Å²) in [5.74, 6) is 0.0885. The third-order valence-electron chi connectivity index (χ3n) is 6.46. The third kappa shape index (κ3) is 2.87. The molecule has 0 radical (unpaired) electrons. The number of carbonyl (C=O) groups excluding carboxylic acids is 1. The van der Waals surface area contributed by atoms with E-state index >= 15 is 0 Å². The Kier molecular flexibility index (Phi) is 3.97. The summed E-state index contributed by atoms with van der Waals surface area (Å²) < 4.78 is 0.963. The molecule has 2 aromatic carbocycles. The van der Waals surface area contributed by atoms with Gasteiger partial charge in [0.1, 0.15) is 0 Å². The van der Waals surface area contributed by atoms with E-state index < -0.39 is 0 Å². The number of carbonyl (C=O) groups is 1. The second kappa shape index (κ2) is 6.54. The summed E-state index contributed by atoms with van der Waals surface area (Å²) in [6.45, 7) is 5.08. The van der Waals surface area contributed by atoms with E-state index in [1.807, 2.05) is 29.2 Å². The molecule has 154 valence electrons. The maximum Gasteiger partial charge on any atom is 0.259 e. The molecule has 2 aliphatic rings. The molecule has 0 spiro atoms. The van der Waals surface area contributed by atoms with Crippen LogP contribution in [0.25, 0.3) is 27.5 Å². The number of aromatic amines is 1. The lowest BCUT2D eigenvalue weighted by Gasteiger charge is -2.30. The van der Waals surface area contributed by atoms with Gasteiger partial charge in [-0.3, -0.25) is 9.78 Å².